The minimum absolute atomic E-state index is 0.278. The van der Waals surface area contributed by atoms with E-state index in [9.17, 15) is 9.59 Å². The standard InChI is InChI=1S/C15H13Cl2N3O2/c16-12-5-4-10(7-13(12)17)20-15(22)8-14(21)19-9-11-3-1-2-6-18-11/h1-7H,8-9H2,(H,19,21)(H,20,22). The fraction of sp³-hybridized carbons (Fsp3) is 0.133. The molecule has 2 amide bonds. The molecule has 1 aromatic carbocycles. The van der Waals surface area contributed by atoms with Crippen LogP contribution in [-0.4, -0.2) is 16.8 Å². The molecule has 7 heteroatoms. The molecule has 0 bridgehead atoms. The van der Waals surface area contributed by atoms with Gasteiger partial charge in [-0.15, -0.1) is 0 Å². The highest BCUT2D eigenvalue weighted by atomic mass is 35.5. The van der Waals surface area contributed by atoms with Crippen molar-refractivity contribution in [3.8, 4) is 0 Å². The highest BCUT2D eigenvalue weighted by Gasteiger charge is 2.10. The second-order valence-electron chi connectivity index (χ2n) is 4.45. The zero-order valence-corrected chi connectivity index (χ0v) is 13.0. The van der Waals surface area contributed by atoms with Crippen molar-refractivity contribution in [1.82, 2.24) is 10.3 Å². The number of aromatic nitrogens is 1. The Morgan fingerprint density at radius 3 is 2.55 bits per heavy atom. The molecular formula is C15H13Cl2N3O2. The second kappa shape index (κ2) is 7.77. The summed E-state index contributed by atoms with van der Waals surface area (Å²) in [5.41, 5.74) is 1.21. The molecule has 22 heavy (non-hydrogen) atoms. The SMILES string of the molecule is O=C(CC(=O)Nc1ccc(Cl)c(Cl)c1)NCc1ccccn1. The molecule has 0 saturated heterocycles. The number of pyridine rings is 1. The molecule has 0 aliphatic heterocycles. The third-order valence-electron chi connectivity index (χ3n) is 2.72. The van der Waals surface area contributed by atoms with E-state index in [2.05, 4.69) is 15.6 Å². The summed E-state index contributed by atoms with van der Waals surface area (Å²) in [6, 6.07) is 10.1. The molecule has 0 spiro atoms. The van der Waals surface area contributed by atoms with Crippen LogP contribution in [0.4, 0.5) is 5.69 Å². The monoisotopic (exact) mass is 337 g/mol. The predicted molar refractivity (Wildman–Crippen MR) is 85.8 cm³/mol. The molecule has 0 aliphatic carbocycles. The molecule has 114 valence electrons. The summed E-state index contributed by atoms with van der Waals surface area (Å²) in [7, 11) is 0. The summed E-state index contributed by atoms with van der Waals surface area (Å²) in [6.45, 7) is 0.278. The summed E-state index contributed by atoms with van der Waals surface area (Å²) in [5, 5.41) is 5.94. The number of anilines is 1. The lowest BCUT2D eigenvalue weighted by atomic mass is 10.3. The summed E-state index contributed by atoms with van der Waals surface area (Å²) < 4.78 is 0. The van der Waals surface area contributed by atoms with E-state index in [-0.39, 0.29) is 18.9 Å². The Labute approximate surface area is 137 Å². The van der Waals surface area contributed by atoms with E-state index in [1.54, 1.807) is 30.5 Å². The molecule has 2 N–H and O–H groups in total. The molecule has 1 aromatic heterocycles. The van der Waals surface area contributed by atoms with Crippen molar-refractivity contribution in [2.24, 2.45) is 0 Å². The van der Waals surface area contributed by atoms with E-state index >= 15 is 0 Å². The van der Waals surface area contributed by atoms with Gasteiger partial charge in [0, 0.05) is 11.9 Å². The number of rotatable bonds is 5. The van der Waals surface area contributed by atoms with Crippen molar-refractivity contribution in [3.05, 3.63) is 58.3 Å². The first-order valence-corrected chi connectivity index (χ1v) is 7.21. The van der Waals surface area contributed by atoms with Crippen LogP contribution in [-0.2, 0) is 16.1 Å². The Kier molecular flexibility index (Phi) is 5.75. The topological polar surface area (TPSA) is 71.1 Å². The van der Waals surface area contributed by atoms with Crippen LogP contribution in [0.15, 0.2) is 42.6 Å². The fourth-order valence-electron chi connectivity index (χ4n) is 1.68. The van der Waals surface area contributed by atoms with Gasteiger partial charge in [0.05, 0.1) is 22.3 Å². The van der Waals surface area contributed by atoms with Crippen LogP contribution in [0.25, 0.3) is 0 Å². The lowest BCUT2D eigenvalue weighted by molar-refractivity contribution is -0.126. The summed E-state index contributed by atoms with van der Waals surface area (Å²) in [5.74, 6) is -0.819. The highest BCUT2D eigenvalue weighted by Crippen LogP contribution is 2.24. The highest BCUT2D eigenvalue weighted by molar-refractivity contribution is 6.42. The van der Waals surface area contributed by atoms with Crippen LogP contribution < -0.4 is 10.6 Å². The van der Waals surface area contributed by atoms with E-state index in [1.165, 1.54) is 6.07 Å². The number of amides is 2. The van der Waals surface area contributed by atoms with Gasteiger partial charge >= 0.3 is 0 Å². The average Bonchev–Trinajstić information content (AvgIpc) is 2.50. The maximum Gasteiger partial charge on any atom is 0.233 e. The Bertz CT molecular complexity index is 678. The minimum atomic E-state index is -0.433. The third kappa shape index (κ3) is 5.02. The predicted octanol–water partition coefficient (Wildman–Crippen LogP) is 3.03. The van der Waals surface area contributed by atoms with Crippen LogP contribution in [0.3, 0.4) is 0 Å². The number of carbonyl (C=O) groups excluding carboxylic acids is 2. The Morgan fingerprint density at radius 2 is 1.86 bits per heavy atom. The summed E-state index contributed by atoms with van der Waals surface area (Å²) in [4.78, 5) is 27.5. The molecular weight excluding hydrogens is 325 g/mol. The number of halogens is 2. The Hall–Kier alpha value is -2.11. The molecule has 0 fully saturated rings. The number of nitrogens with zero attached hydrogens (tertiary/aromatic N) is 1. The van der Waals surface area contributed by atoms with Crippen molar-refractivity contribution in [3.63, 3.8) is 0 Å². The van der Waals surface area contributed by atoms with Crippen LogP contribution in [0, 0.1) is 0 Å². The molecule has 5 nitrogen and oxygen atoms in total. The first-order valence-electron chi connectivity index (χ1n) is 6.46. The summed E-state index contributed by atoms with van der Waals surface area (Å²) >= 11 is 11.6. The van der Waals surface area contributed by atoms with Crippen molar-refractivity contribution in [2.45, 2.75) is 13.0 Å². The van der Waals surface area contributed by atoms with Crippen LogP contribution >= 0.6 is 23.2 Å². The van der Waals surface area contributed by atoms with Crippen LogP contribution in [0.5, 0.6) is 0 Å². The first-order chi connectivity index (χ1) is 10.5. The number of carbonyl (C=O) groups is 2. The second-order valence-corrected chi connectivity index (χ2v) is 5.27. The third-order valence-corrected chi connectivity index (χ3v) is 3.46. The molecule has 1 heterocycles. The van der Waals surface area contributed by atoms with Gasteiger partial charge in [-0.1, -0.05) is 29.3 Å². The van der Waals surface area contributed by atoms with E-state index in [1.807, 2.05) is 6.07 Å². The van der Waals surface area contributed by atoms with Gasteiger partial charge in [0.1, 0.15) is 6.42 Å². The van der Waals surface area contributed by atoms with Gasteiger partial charge in [-0.25, -0.2) is 0 Å². The number of hydrogen-bond acceptors (Lipinski definition) is 3. The lowest BCUT2D eigenvalue weighted by Crippen LogP contribution is -2.28. The van der Waals surface area contributed by atoms with Crippen molar-refractivity contribution >= 4 is 40.7 Å². The van der Waals surface area contributed by atoms with Crippen LogP contribution in [0.2, 0.25) is 10.0 Å². The van der Waals surface area contributed by atoms with Gasteiger partial charge in [0.15, 0.2) is 0 Å². The molecule has 2 aromatic rings. The smallest absolute Gasteiger partial charge is 0.233 e. The van der Waals surface area contributed by atoms with Crippen LogP contribution in [0.1, 0.15) is 12.1 Å². The quantitative estimate of drug-likeness (QED) is 0.823. The lowest BCUT2D eigenvalue weighted by Gasteiger charge is -2.07. The molecule has 2 rings (SSSR count). The number of hydrogen-bond donors (Lipinski definition) is 2. The van der Waals surface area contributed by atoms with Gasteiger partial charge in [0.2, 0.25) is 11.8 Å². The molecule has 0 saturated carbocycles. The van der Waals surface area contributed by atoms with E-state index in [0.29, 0.717) is 15.7 Å². The first kappa shape index (κ1) is 16.3. The minimum Gasteiger partial charge on any atom is -0.350 e. The van der Waals surface area contributed by atoms with Gasteiger partial charge in [-0.2, -0.15) is 0 Å². The Morgan fingerprint density at radius 1 is 1.05 bits per heavy atom. The molecule has 0 unspecified atom stereocenters. The normalized spacial score (nSPS) is 10.1. The zero-order chi connectivity index (χ0) is 15.9. The number of benzene rings is 1. The van der Waals surface area contributed by atoms with Gasteiger partial charge in [-0.3, -0.25) is 14.6 Å². The Balaban J connectivity index is 1.81. The molecule has 0 radical (unpaired) electrons. The molecule has 0 atom stereocenters. The molecule has 0 aliphatic rings. The largest absolute Gasteiger partial charge is 0.350 e. The van der Waals surface area contributed by atoms with Gasteiger partial charge in [0.25, 0.3) is 0 Å². The maximum absolute atomic E-state index is 11.8. The maximum atomic E-state index is 11.8. The van der Waals surface area contributed by atoms with Gasteiger partial charge in [-0.05, 0) is 30.3 Å². The fourth-order valence-corrected chi connectivity index (χ4v) is 1.98. The average molecular weight is 338 g/mol. The number of nitrogens with one attached hydrogen (secondary N) is 2. The van der Waals surface area contributed by atoms with E-state index < -0.39 is 5.91 Å². The van der Waals surface area contributed by atoms with Crippen molar-refractivity contribution in [1.29, 1.82) is 0 Å². The zero-order valence-electron chi connectivity index (χ0n) is 11.5. The summed E-state index contributed by atoms with van der Waals surface area (Å²) in [6.07, 6.45) is 1.35. The van der Waals surface area contributed by atoms with E-state index in [0.717, 1.165) is 5.69 Å². The van der Waals surface area contributed by atoms with Crippen molar-refractivity contribution < 1.29 is 9.59 Å². The van der Waals surface area contributed by atoms with Crippen molar-refractivity contribution in [2.75, 3.05) is 5.32 Å². The van der Waals surface area contributed by atoms with E-state index in [4.69, 9.17) is 23.2 Å². The van der Waals surface area contributed by atoms with Gasteiger partial charge < -0.3 is 10.6 Å².